The van der Waals surface area contributed by atoms with Crippen molar-refractivity contribution in [3.63, 3.8) is 0 Å². The van der Waals surface area contributed by atoms with Crippen LogP contribution in [0.2, 0.25) is 5.02 Å². The van der Waals surface area contributed by atoms with Crippen LogP contribution in [0.25, 0.3) is 0 Å². The SMILES string of the molecule is CCN(Cc1ccc(Oc2ccc(C(N)=O)cc2Cl)cc1)c1cccs1. The zero-order valence-electron chi connectivity index (χ0n) is 14.3. The molecule has 6 heteroatoms. The average molecular weight is 387 g/mol. The van der Waals surface area contributed by atoms with Crippen LogP contribution in [-0.2, 0) is 6.54 Å². The van der Waals surface area contributed by atoms with E-state index in [4.69, 9.17) is 22.1 Å². The molecule has 4 nitrogen and oxygen atoms in total. The Hall–Kier alpha value is -2.50. The summed E-state index contributed by atoms with van der Waals surface area (Å²) in [6.07, 6.45) is 0. The van der Waals surface area contributed by atoms with Crippen LogP contribution < -0.4 is 15.4 Å². The third-order valence-corrected chi connectivity index (χ3v) is 5.16. The van der Waals surface area contributed by atoms with Crippen molar-refractivity contribution < 1.29 is 9.53 Å². The van der Waals surface area contributed by atoms with Crippen molar-refractivity contribution in [2.75, 3.05) is 11.4 Å². The molecular formula is C20H19ClN2O2S. The molecule has 3 aromatic rings. The summed E-state index contributed by atoms with van der Waals surface area (Å²) in [6, 6.07) is 16.8. The zero-order chi connectivity index (χ0) is 18.5. The Labute approximate surface area is 161 Å². The second-order valence-corrected chi connectivity index (χ2v) is 7.05. The molecule has 1 heterocycles. The molecule has 134 valence electrons. The molecule has 0 aliphatic heterocycles. The first kappa shape index (κ1) is 18.3. The number of benzene rings is 2. The molecule has 3 rings (SSSR count). The Morgan fingerprint density at radius 1 is 1.19 bits per heavy atom. The Bertz CT molecular complexity index is 879. The molecule has 0 unspecified atom stereocenters. The van der Waals surface area contributed by atoms with Crippen LogP contribution in [0.4, 0.5) is 5.00 Å². The molecule has 0 fully saturated rings. The highest BCUT2D eigenvalue weighted by Gasteiger charge is 2.09. The molecular weight excluding hydrogens is 368 g/mol. The number of primary amides is 1. The summed E-state index contributed by atoms with van der Waals surface area (Å²) in [7, 11) is 0. The maximum absolute atomic E-state index is 11.2. The Kier molecular flexibility index (Phi) is 5.81. The molecule has 0 atom stereocenters. The number of nitrogens with zero attached hydrogens (tertiary/aromatic N) is 1. The van der Waals surface area contributed by atoms with E-state index in [1.54, 1.807) is 23.5 Å². The summed E-state index contributed by atoms with van der Waals surface area (Å²) in [4.78, 5) is 13.5. The second-order valence-electron chi connectivity index (χ2n) is 5.72. The van der Waals surface area contributed by atoms with Gasteiger partial charge in [-0.25, -0.2) is 0 Å². The lowest BCUT2D eigenvalue weighted by Crippen LogP contribution is -2.20. The van der Waals surface area contributed by atoms with Crippen LogP contribution in [0.3, 0.4) is 0 Å². The van der Waals surface area contributed by atoms with E-state index in [9.17, 15) is 4.79 Å². The van der Waals surface area contributed by atoms with Crippen molar-refractivity contribution in [2.24, 2.45) is 5.73 Å². The van der Waals surface area contributed by atoms with Crippen LogP contribution in [-0.4, -0.2) is 12.5 Å². The fourth-order valence-electron chi connectivity index (χ4n) is 2.54. The maximum atomic E-state index is 11.2. The van der Waals surface area contributed by atoms with Gasteiger partial charge in [0.2, 0.25) is 5.91 Å². The van der Waals surface area contributed by atoms with Gasteiger partial charge in [-0.05, 0) is 60.3 Å². The van der Waals surface area contributed by atoms with Gasteiger partial charge in [-0.3, -0.25) is 4.79 Å². The highest BCUT2D eigenvalue weighted by molar-refractivity contribution is 7.14. The summed E-state index contributed by atoms with van der Waals surface area (Å²) in [5.41, 5.74) is 6.80. The zero-order valence-corrected chi connectivity index (χ0v) is 15.9. The molecule has 0 aliphatic rings. The van der Waals surface area contributed by atoms with E-state index >= 15 is 0 Å². The van der Waals surface area contributed by atoms with Crippen molar-refractivity contribution in [2.45, 2.75) is 13.5 Å². The predicted molar refractivity (Wildman–Crippen MR) is 108 cm³/mol. The van der Waals surface area contributed by atoms with E-state index in [1.165, 1.54) is 16.6 Å². The number of amides is 1. The van der Waals surface area contributed by atoms with Gasteiger partial charge in [-0.15, -0.1) is 11.3 Å². The number of ether oxygens (including phenoxy) is 1. The van der Waals surface area contributed by atoms with Crippen LogP contribution >= 0.6 is 22.9 Å². The number of nitrogens with two attached hydrogens (primary N) is 1. The molecule has 26 heavy (non-hydrogen) atoms. The van der Waals surface area contributed by atoms with Gasteiger partial charge in [-0.2, -0.15) is 0 Å². The Balaban J connectivity index is 1.69. The smallest absolute Gasteiger partial charge is 0.248 e. The van der Waals surface area contributed by atoms with Crippen molar-refractivity contribution in [1.29, 1.82) is 0 Å². The van der Waals surface area contributed by atoms with Gasteiger partial charge in [-0.1, -0.05) is 23.7 Å². The standard InChI is InChI=1S/C20H19ClN2O2S/c1-2-23(19-4-3-11-26-19)13-14-5-8-16(9-6-14)25-18-10-7-15(20(22)24)12-17(18)21/h3-12H,2,13H2,1H3,(H2,22,24). The molecule has 0 aliphatic carbocycles. The van der Waals surface area contributed by atoms with Crippen LogP contribution in [0.1, 0.15) is 22.8 Å². The third kappa shape index (κ3) is 4.36. The summed E-state index contributed by atoms with van der Waals surface area (Å²) in [5.74, 6) is 0.647. The van der Waals surface area contributed by atoms with Crippen LogP contribution in [0.15, 0.2) is 60.0 Å². The van der Waals surface area contributed by atoms with E-state index < -0.39 is 5.91 Å². The van der Waals surface area contributed by atoms with E-state index in [0.717, 1.165) is 13.1 Å². The highest BCUT2D eigenvalue weighted by Crippen LogP contribution is 2.30. The van der Waals surface area contributed by atoms with Gasteiger partial charge in [0.1, 0.15) is 11.5 Å². The summed E-state index contributed by atoms with van der Waals surface area (Å²) in [6.45, 7) is 3.93. The lowest BCUT2D eigenvalue weighted by atomic mass is 10.2. The molecule has 0 saturated heterocycles. The van der Waals surface area contributed by atoms with Gasteiger partial charge in [0.05, 0.1) is 10.0 Å². The monoisotopic (exact) mass is 386 g/mol. The average Bonchev–Trinajstić information content (AvgIpc) is 3.17. The first-order chi connectivity index (χ1) is 12.6. The number of hydrogen-bond acceptors (Lipinski definition) is 4. The van der Waals surface area contributed by atoms with Gasteiger partial charge >= 0.3 is 0 Å². The number of thiophene rings is 1. The molecule has 2 N–H and O–H groups in total. The molecule has 0 saturated carbocycles. The fraction of sp³-hybridized carbons (Fsp3) is 0.150. The van der Waals surface area contributed by atoms with E-state index in [2.05, 4.69) is 29.3 Å². The number of halogens is 1. The molecule has 0 radical (unpaired) electrons. The summed E-state index contributed by atoms with van der Waals surface area (Å²) < 4.78 is 5.81. The van der Waals surface area contributed by atoms with Gasteiger partial charge in [0.15, 0.2) is 0 Å². The minimum Gasteiger partial charge on any atom is -0.456 e. The Morgan fingerprint density at radius 2 is 1.96 bits per heavy atom. The molecule has 2 aromatic carbocycles. The van der Waals surface area contributed by atoms with Crippen molar-refractivity contribution in [3.8, 4) is 11.5 Å². The normalized spacial score (nSPS) is 10.5. The highest BCUT2D eigenvalue weighted by atomic mass is 35.5. The Morgan fingerprint density at radius 3 is 2.54 bits per heavy atom. The summed E-state index contributed by atoms with van der Waals surface area (Å²) >= 11 is 7.90. The number of carbonyl (C=O) groups is 1. The lowest BCUT2D eigenvalue weighted by molar-refractivity contribution is 0.100. The molecule has 1 amide bonds. The van der Waals surface area contributed by atoms with Crippen molar-refractivity contribution in [1.82, 2.24) is 0 Å². The number of rotatable bonds is 7. The fourth-order valence-corrected chi connectivity index (χ4v) is 3.56. The first-order valence-electron chi connectivity index (χ1n) is 8.21. The van der Waals surface area contributed by atoms with Gasteiger partial charge in [0.25, 0.3) is 0 Å². The van der Waals surface area contributed by atoms with E-state index in [-0.39, 0.29) is 0 Å². The predicted octanol–water partition coefficient (Wildman–Crippen LogP) is 5.32. The minimum atomic E-state index is -0.519. The first-order valence-corrected chi connectivity index (χ1v) is 9.47. The third-order valence-electron chi connectivity index (χ3n) is 3.94. The van der Waals surface area contributed by atoms with E-state index in [1.807, 2.05) is 24.3 Å². The number of carbonyl (C=O) groups excluding carboxylic acids is 1. The second kappa shape index (κ2) is 8.25. The van der Waals surface area contributed by atoms with Crippen molar-refractivity contribution in [3.05, 3.63) is 76.1 Å². The van der Waals surface area contributed by atoms with Crippen LogP contribution in [0, 0.1) is 0 Å². The minimum absolute atomic E-state index is 0.347. The summed E-state index contributed by atoms with van der Waals surface area (Å²) in [5, 5.41) is 3.69. The van der Waals surface area contributed by atoms with E-state index in [0.29, 0.717) is 22.1 Å². The number of hydrogen-bond donors (Lipinski definition) is 1. The van der Waals surface area contributed by atoms with Gasteiger partial charge < -0.3 is 15.4 Å². The quantitative estimate of drug-likeness (QED) is 0.597. The molecule has 0 bridgehead atoms. The molecule has 0 spiro atoms. The number of anilines is 1. The molecule has 1 aromatic heterocycles. The lowest BCUT2D eigenvalue weighted by Gasteiger charge is -2.21. The van der Waals surface area contributed by atoms with Gasteiger partial charge in [0, 0.05) is 18.7 Å². The largest absolute Gasteiger partial charge is 0.456 e. The topological polar surface area (TPSA) is 55.6 Å². The van der Waals surface area contributed by atoms with Crippen LogP contribution in [0.5, 0.6) is 11.5 Å². The maximum Gasteiger partial charge on any atom is 0.248 e. The van der Waals surface area contributed by atoms with Crippen molar-refractivity contribution >= 4 is 33.8 Å².